The minimum absolute atomic E-state index is 0.116. The number of hydrogen-bond acceptors (Lipinski definition) is 5. The van der Waals surface area contributed by atoms with Gasteiger partial charge < -0.3 is 4.98 Å². The smallest absolute Gasteiger partial charge is 0.264 e. The maximum absolute atomic E-state index is 13.2. The highest BCUT2D eigenvalue weighted by atomic mass is 19.1. The summed E-state index contributed by atoms with van der Waals surface area (Å²) < 4.78 is 17.6. The SMILES string of the molecule is Cc1cc2[nH]c(=O)cc(Cn3cnc4c(cnn4-c4ccc(F)cc4)c3=O)n2n1. The average Bonchev–Trinajstić information content (AvgIpc) is 3.28. The van der Waals surface area contributed by atoms with Crippen LogP contribution in [0, 0.1) is 12.7 Å². The van der Waals surface area contributed by atoms with Crippen molar-refractivity contribution < 1.29 is 4.39 Å². The number of aromatic amines is 1. The minimum Gasteiger partial charge on any atom is -0.307 e. The van der Waals surface area contributed by atoms with Gasteiger partial charge in [0.15, 0.2) is 5.65 Å². The Hall–Kier alpha value is -4.08. The van der Waals surface area contributed by atoms with E-state index in [4.69, 9.17) is 0 Å². The second-order valence-corrected chi connectivity index (χ2v) is 6.66. The minimum atomic E-state index is -0.362. The number of aryl methyl sites for hydroxylation is 1. The molecule has 144 valence electrons. The molecule has 4 heterocycles. The predicted molar refractivity (Wildman–Crippen MR) is 103 cm³/mol. The monoisotopic (exact) mass is 391 g/mol. The summed E-state index contributed by atoms with van der Waals surface area (Å²) in [6.45, 7) is 1.93. The lowest BCUT2D eigenvalue weighted by atomic mass is 10.3. The molecule has 0 atom stereocenters. The first-order valence-electron chi connectivity index (χ1n) is 8.77. The van der Waals surface area contributed by atoms with Gasteiger partial charge in [0.2, 0.25) is 0 Å². The molecule has 0 saturated carbocycles. The number of nitrogens with zero attached hydrogens (tertiary/aromatic N) is 6. The molecule has 5 aromatic rings. The fourth-order valence-corrected chi connectivity index (χ4v) is 3.30. The zero-order valence-corrected chi connectivity index (χ0v) is 15.2. The van der Waals surface area contributed by atoms with Crippen LogP contribution in [0.1, 0.15) is 11.4 Å². The van der Waals surface area contributed by atoms with Crippen LogP contribution in [-0.2, 0) is 6.54 Å². The Kier molecular flexibility index (Phi) is 3.66. The molecule has 0 spiro atoms. The van der Waals surface area contributed by atoms with Gasteiger partial charge in [0.1, 0.15) is 23.2 Å². The van der Waals surface area contributed by atoms with Crippen molar-refractivity contribution in [2.45, 2.75) is 13.5 Å². The van der Waals surface area contributed by atoms with Gasteiger partial charge in [-0.25, -0.2) is 18.6 Å². The van der Waals surface area contributed by atoms with Crippen molar-refractivity contribution >= 4 is 16.7 Å². The van der Waals surface area contributed by atoms with E-state index in [0.29, 0.717) is 28.1 Å². The first kappa shape index (κ1) is 17.0. The summed E-state index contributed by atoms with van der Waals surface area (Å²) >= 11 is 0. The largest absolute Gasteiger partial charge is 0.307 e. The van der Waals surface area contributed by atoms with E-state index in [1.54, 1.807) is 22.7 Å². The van der Waals surface area contributed by atoms with Crippen molar-refractivity contribution in [1.29, 1.82) is 0 Å². The second kappa shape index (κ2) is 6.23. The number of rotatable bonds is 3. The van der Waals surface area contributed by atoms with Gasteiger partial charge >= 0.3 is 0 Å². The lowest BCUT2D eigenvalue weighted by molar-refractivity contribution is 0.627. The summed E-state index contributed by atoms with van der Waals surface area (Å²) in [6, 6.07) is 8.90. The van der Waals surface area contributed by atoms with Gasteiger partial charge in [-0.3, -0.25) is 14.2 Å². The Morgan fingerprint density at radius 1 is 1.14 bits per heavy atom. The van der Waals surface area contributed by atoms with Gasteiger partial charge in [0, 0.05) is 12.1 Å². The number of halogens is 1. The third-order valence-corrected chi connectivity index (χ3v) is 4.61. The summed E-state index contributed by atoms with van der Waals surface area (Å²) in [6.07, 6.45) is 2.83. The summed E-state index contributed by atoms with van der Waals surface area (Å²) in [5.74, 6) is -0.362. The molecular formula is C19H14FN7O2. The van der Waals surface area contributed by atoms with Crippen molar-refractivity contribution in [3.8, 4) is 5.69 Å². The van der Waals surface area contributed by atoms with Crippen molar-refractivity contribution in [1.82, 2.24) is 33.9 Å². The standard InChI is InChI=1S/C19H14FN7O2/c1-11-6-16-23-17(28)7-14(26(16)24-11)9-25-10-21-18-15(19(25)29)8-22-27(18)13-4-2-12(20)3-5-13/h2-8,10H,9H2,1H3,(H,23,28). The molecule has 1 aromatic carbocycles. The molecule has 0 aliphatic rings. The van der Waals surface area contributed by atoms with E-state index in [0.717, 1.165) is 5.69 Å². The number of nitrogens with one attached hydrogen (secondary N) is 1. The molecule has 4 aromatic heterocycles. The lowest BCUT2D eigenvalue weighted by Gasteiger charge is -2.08. The molecule has 0 unspecified atom stereocenters. The number of aromatic nitrogens is 7. The van der Waals surface area contributed by atoms with E-state index in [-0.39, 0.29) is 23.5 Å². The summed E-state index contributed by atoms with van der Waals surface area (Å²) in [5, 5.41) is 8.89. The van der Waals surface area contributed by atoms with Crippen molar-refractivity contribution in [2.24, 2.45) is 0 Å². The summed E-state index contributed by atoms with van der Waals surface area (Å²) in [5.41, 5.74) is 2.22. The molecule has 5 rings (SSSR count). The first-order chi connectivity index (χ1) is 14.0. The second-order valence-electron chi connectivity index (χ2n) is 6.66. The molecule has 29 heavy (non-hydrogen) atoms. The van der Waals surface area contributed by atoms with Gasteiger partial charge in [-0.2, -0.15) is 10.2 Å². The van der Waals surface area contributed by atoms with Crippen LogP contribution in [0.25, 0.3) is 22.4 Å². The van der Waals surface area contributed by atoms with Crippen LogP contribution in [0.5, 0.6) is 0 Å². The Morgan fingerprint density at radius 2 is 1.93 bits per heavy atom. The zero-order chi connectivity index (χ0) is 20.1. The molecular weight excluding hydrogens is 377 g/mol. The molecule has 1 N–H and O–H groups in total. The van der Waals surface area contributed by atoms with Crippen LogP contribution in [0.4, 0.5) is 4.39 Å². The third-order valence-electron chi connectivity index (χ3n) is 4.61. The topological polar surface area (TPSA) is 103 Å². The highest BCUT2D eigenvalue weighted by Crippen LogP contribution is 2.14. The molecule has 0 amide bonds. The number of fused-ring (bicyclic) bond motifs is 2. The van der Waals surface area contributed by atoms with Gasteiger partial charge in [0.25, 0.3) is 11.1 Å². The van der Waals surface area contributed by atoms with Crippen LogP contribution < -0.4 is 11.1 Å². The van der Waals surface area contributed by atoms with Crippen LogP contribution in [0.3, 0.4) is 0 Å². The Balaban J connectivity index is 1.61. The van der Waals surface area contributed by atoms with Crippen LogP contribution in [0.15, 0.2) is 58.5 Å². The normalized spacial score (nSPS) is 11.5. The van der Waals surface area contributed by atoms with E-state index < -0.39 is 0 Å². The first-order valence-corrected chi connectivity index (χ1v) is 8.77. The van der Waals surface area contributed by atoms with E-state index in [2.05, 4.69) is 20.2 Å². The Bertz CT molecular complexity index is 1490. The quantitative estimate of drug-likeness (QED) is 0.501. The molecule has 0 aliphatic carbocycles. The molecule has 9 nitrogen and oxygen atoms in total. The van der Waals surface area contributed by atoms with Gasteiger partial charge in [-0.1, -0.05) is 0 Å². The van der Waals surface area contributed by atoms with Crippen LogP contribution >= 0.6 is 0 Å². The van der Waals surface area contributed by atoms with E-state index in [9.17, 15) is 14.0 Å². The molecule has 0 saturated heterocycles. The maximum atomic E-state index is 13.2. The molecule has 0 radical (unpaired) electrons. The molecule has 0 bridgehead atoms. The molecule has 0 aliphatic heterocycles. The lowest BCUT2D eigenvalue weighted by Crippen LogP contribution is -2.23. The van der Waals surface area contributed by atoms with Crippen molar-refractivity contribution in [2.75, 3.05) is 0 Å². The van der Waals surface area contributed by atoms with Crippen LogP contribution in [0.2, 0.25) is 0 Å². The maximum Gasteiger partial charge on any atom is 0.264 e. The number of benzene rings is 1. The molecule has 10 heteroatoms. The highest BCUT2D eigenvalue weighted by Gasteiger charge is 2.13. The highest BCUT2D eigenvalue weighted by molar-refractivity contribution is 5.74. The van der Waals surface area contributed by atoms with E-state index in [1.807, 2.05) is 6.92 Å². The third kappa shape index (κ3) is 2.81. The fraction of sp³-hybridized carbons (Fsp3) is 0.105. The van der Waals surface area contributed by atoms with Gasteiger partial charge in [0.05, 0.1) is 29.8 Å². The zero-order valence-electron chi connectivity index (χ0n) is 15.2. The van der Waals surface area contributed by atoms with Crippen molar-refractivity contribution in [3.63, 3.8) is 0 Å². The number of hydrogen-bond donors (Lipinski definition) is 1. The summed E-state index contributed by atoms with van der Waals surface area (Å²) in [7, 11) is 0. The van der Waals surface area contributed by atoms with Gasteiger partial charge in [-0.05, 0) is 31.2 Å². The fourth-order valence-electron chi connectivity index (χ4n) is 3.30. The van der Waals surface area contributed by atoms with E-state index >= 15 is 0 Å². The average molecular weight is 391 g/mol. The van der Waals surface area contributed by atoms with E-state index in [1.165, 1.54) is 40.0 Å². The Morgan fingerprint density at radius 3 is 2.72 bits per heavy atom. The van der Waals surface area contributed by atoms with Crippen molar-refractivity contribution in [3.05, 3.63) is 86.8 Å². The molecule has 0 fully saturated rings. The van der Waals surface area contributed by atoms with Crippen LogP contribution in [-0.4, -0.2) is 33.9 Å². The number of H-pyrrole nitrogens is 1. The Labute approximate surface area is 161 Å². The predicted octanol–water partition coefficient (Wildman–Crippen LogP) is 1.41. The summed E-state index contributed by atoms with van der Waals surface area (Å²) in [4.78, 5) is 32.0. The van der Waals surface area contributed by atoms with Gasteiger partial charge in [-0.15, -0.1) is 0 Å².